The summed E-state index contributed by atoms with van der Waals surface area (Å²) in [6.07, 6.45) is 3.66. The van der Waals surface area contributed by atoms with Gasteiger partial charge in [0.25, 0.3) is 0 Å². The van der Waals surface area contributed by atoms with E-state index in [1.54, 1.807) is 0 Å². The van der Waals surface area contributed by atoms with E-state index in [4.69, 9.17) is 0 Å². The molecule has 0 aliphatic carbocycles. The van der Waals surface area contributed by atoms with E-state index in [2.05, 4.69) is 128 Å². The molecule has 6 rings (SSSR count). The van der Waals surface area contributed by atoms with Gasteiger partial charge in [0, 0.05) is 32.5 Å². The van der Waals surface area contributed by atoms with E-state index >= 15 is 0 Å². The lowest BCUT2D eigenvalue weighted by Gasteiger charge is -2.19. The second-order valence-corrected chi connectivity index (χ2v) is 11.6. The highest BCUT2D eigenvalue weighted by molar-refractivity contribution is 9.11. The van der Waals surface area contributed by atoms with Crippen LogP contribution in [-0.2, 0) is 0 Å². The van der Waals surface area contributed by atoms with Crippen LogP contribution in [0.4, 0.5) is 0 Å². The maximum Gasteiger partial charge on any atom is 0.0702 e. The molecule has 0 fully saturated rings. The third kappa shape index (κ3) is 5.30. The van der Waals surface area contributed by atoms with Crippen molar-refractivity contribution in [3.05, 3.63) is 142 Å². The normalized spacial score (nSPS) is 11.0. The first-order valence-corrected chi connectivity index (χ1v) is 14.7. The van der Waals surface area contributed by atoms with Crippen molar-refractivity contribution in [1.29, 1.82) is 0 Å². The van der Waals surface area contributed by atoms with E-state index < -0.39 is 0 Å². The molecule has 0 radical (unpaired) electrons. The molecule has 0 amide bonds. The minimum Gasteiger partial charge on any atom is -0.256 e. The number of benzene rings is 4. The van der Waals surface area contributed by atoms with Crippen LogP contribution in [-0.4, -0.2) is 9.97 Å². The van der Waals surface area contributed by atoms with Crippen molar-refractivity contribution in [3.8, 4) is 55.9 Å². The fourth-order valence-electron chi connectivity index (χ4n) is 5.28. The fraction of sp³-hybridized carbons (Fsp3) is 0.0556. The summed E-state index contributed by atoms with van der Waals surface area (Å²) >= 11 is 7.81. The van der Waals surface area contributed by atoms with Crippen LogP contribution in [0.2, 0.25) is 0 Å². The summed E-state index contributed by atoms with van der Waals surface area (Å²) in [5.41, 5.74) is 13.6. The van der Waals surface area contributed by atoms with Crippen molar-refractivity contribution in [2.45, 2.75) is 13.8 Å². The summed E-state index contributed by atoms with van der Waals surface area (Å²) < 4.78 is 2.06. The molecule has 0 saturated carbocycles. The Morgan fingerprint density at radius 3 is 1.38 bits per heavy atom. The fourth-order valence-corrected chi connectivity index (χ4v) is 6.47. The van der Waals surface area contributed by atoms with Crippen molar-refractivity contribution in [1.82, 2.24) is 9.97 Å². The number of rotatable bonds is 5. The molecule has 4 heteroatoms. The maximum absolute atomic E-state index is 4.54. The molecule has 6 aromatic rings. The van der Waals surface area contributed by atoms with Crippen molar-refractivity contribution >= 4 is 31.9 Å². The zero-order valence-electron chi connectivity index (χ0n) is 22.2. The largest absolute Gasteiger partial charge is 0.256 e. The summed E-state index contributed by atoms with van der Waals surface area (Å²) in [6, 6.07) is 38.4. The highest BCUT2D eigenvalue weighted by atomic mass is 79.9. The third-order valence-electron chi connectivity index (χ3n) is 7.01. The van der Waals surface area contributed by atoms with Crippen LogP contribution >= 0.6 is 31.9 Å². The van der Waals surface area contributed by atoms with Gasteiger partial charge in [0.1, 0.15) is 0 Å². The number of hydrogen-bond acceptors (Lipinski definition) is 2. The molecule has 40 heavy (non-hydrogen) atoms. The van der Waals surface area contributed by atoms with Crippen LogP contribution in [0.1, 0.15) is 11.1 Å². The smallest absolute Gasteiger partial charge is 0.0702 e. The van der Waals surface area contributed by atoms with Crippen LogP contribution in [0, 0.1) is 13.8 Å². The van der Waals surface area contributed by atoms with Crippen molar-refractivity contribution < 1.29 is 0 Å². The van der Waals surface area contributed by atoms with E-state index in [1.807, 2.05) is 48.8 Å². The lowest BCUT2D eigenvalue weighted by atomic mass is 9.86. The van der Waals surface area contributed by atoms with Crippen molar-refractivity contribution in [3.63, 3.8) is 0 Å². The number of nitrogens with zero attached hydrogens (tertiary/aromatic N) is 2. The number of aryl methyl sites for hydroxylation is 2. The van der Waals surface area contributed by atoms with Gasteiger partial charge in [-0.15, -0.1) is 0 Å². The van der Waals surface area contributed by atoms with Gasteiger partial charge in [-0.2, -0.15) is 0 Å². The van der Waals surface area contributed by atoms with Gasteiger partial charge in [-0.3, -0.25) is 9.97 Å². The summed E-state index contributed by atoms with van der Waals surface area (Å²) in [7, 11) is 0. The Bertz CT molecular complexity index is 1700. The molecule has 0 unspecified atom stereocenters. The first-order chi connectivity index (χ1) is 19.5. The number of pyridine rings is 2. The molecule has 2 heterocycles. The summed E-state index contributed by atoms with van der Waals surface area (Å²) in [6.45, 7) is 4.32. The zero-order valence-corrected chi connectivity index (χ0v) is 25.4. The second kappa shape index (κ2) is 11.3. The van der Waals surface area contributed by atoms with Gasteiger partial charge in [0.15, 0.2) is 0 Å². The maximum atomic E-state index is 4.54. The minimum absolute atomic E-state index is 0.954. The Morgan fingerprint density at radius 1 is 0.450 bits per heavy atom. The summed E-state index contributed by atoms with van der Waals surface area (Å²) in [5.74, 6) is 0. The molecular weight excluding hydrogens is 620 g/mol. The van der Waals surface area contributed by atoms with E-state index in [-0.39, 0.29) is 0 Å². The standard InChI is InChI=1S/C36H26Br2N2/c1-23-18-24(2)20-27(19-23)36-30(28-14-12-25(21-32(28)37)34-10-3-5-16-39-34)8-7-9-31(36)29-15-13-26(22-33(29)38)35-11-4-6-17-40-35/h3-22H,1-2H3. The molecular formula is C36H26Br2N2. The molecule has 0 aliphatic rings. The average molecular weight is 646 g/mol. The Balaban J connectivity index is 1.55. The highest BCUT2D eigenvalue weighted by Gasteiger charge is 2.19. The Hall–Kier alpha value is -3.86. The molecule has 2 nitrogen and oxygen atoms in total. The predicted molar refractivity (Wildman–Crippen MR) is 174 cm³/mol. The molecule has 0 aliphatic heterocycles. The van der Waals surface area contributed by atoms with Crippen LogP contribution in [0.15, 0.2) is 131 Å². The van der Waals surface area contributed by atoms with Crippen molar-refractivity contribution in [2.75, 3.05) is 0 Å². The van der Waals surface area contributed by atoms with E-state index in [0.717, 1.165) is 42.6 Å². The van der Waals surface area contributed by atoms with Crippen LogP contribution in [0.5, 0.6) is 0 Å². The lowest BCUT2D eigenvalue weighted by molar-refractivity contribution is 1.32. The number of aromatic nitrogens is 2. The SMILES string of the molecule is Cc1cc(C)cc(-c2c(-c3ccc(-c4ccccn4)cc3Br)cccc2-c2ccc(-c3ccccn3)cc2Br)c1. The Kier molecular flexibility index (Phi) is 7.46. The summed E-state index contributed by atoms with van der Waals surface area (Å²) in [5, 5.41) is 0. The lowest BCUT2D eigenvalue weighted by Crippen LogP contribution is -1.94. The predicted octanol–water partition coefficient (Wildman–Crippen LogP) is 11.0. The minimum atomic E-state index is 0.954. The van der Waals surface area contributed by atoms with Gasteiger partial charge in [-0.1, -0.05) is 116 Å². The van der Waals surface area contributed by atoms with Crippen molar-refractivity contribution in [2.24, 2.45) is 0 Å². The Labute approximate surface area is 252 Å². The number of halogens is 2. The average Bonchev–Trinajstić information content (AvgIpc) is 2.97. The van der Waals surface area contributed by atoms with Gasteiger partial charge < -0.3 is 0 Å². The molecule has 0 N–H and O–H groups in total. The third-order valence-corrected chi connectivity index (χ3v) is 8.33. The molecule has 0 atom stereocenters. The van der Waals surface area contributed by atoms with E-state index in [9.17, 15) is 0 Å². The molecule has 2 aromatic heterocycles. The topological polar surface area (TPSA) is 25.8 Å². The Morgan fingerprint density at radius 2 is 0.950 bits per heavy atom. The van der Waals surface area contributed by atoms with Gasteiger partial charge in [-0.05, 0) is 83.6 Å². The quantitative estimate of drug-likeness (QED) is 0.186. The monoisotopic (exact) mass is 644 g/mol. The molecule has 0 spiro atoms. The molecule has 0 saturated heterocycles. The molecule has 194 valence electrons. The first-order valence-electron chi connectivity index (χ1n) is 13.1. The van der Waals surface area contributed by atoms with Gasteiger partial charge in [0.05, 0.1) is 11.4 Å². The van der Waals surface area contributed by atoms with Crippen LogP contribution < -0.4 is 0 Å². The summed E-state index contributed by atoms with van der Waals surface area (Å²) in [4.78, 5) is 9.08. The van der Waals surface area contributed by atoms with Crippen LogP contribution in [0.25, 0.3) is 55.9 Å². The first kappa shape index (κ1) is 26.4. The highest BCUT2D eigenvalue weighted by Crippen LogP contribution is 2.45. The number of hydrogen-bond donors (Lipinski definition) is 0. The molecule has 4 aromatic carbocycles. The van der Waals surface area contributed by atoms with E-state index in [1.165, 1.54) is 33.4 Å². The second-order valence-electron chi connectivity index (χ2n) is 9.92. The van der Waals surface area contributed by atoms with Gasteiger partial charge >= 0.3 is 0 Å². The zero-order chi connectivity index (χ0) is 27.6. The van der Waals surface area contributed by atoms with Gasteiger partial charge in [-0.25, -0.2) is 0 Å². The van der Waals surface area contributed by atoms with Gasteiger partial charge in [0.2, 0.25) is 0 Å². The van der Waals surface area contributed by atoms with Crippen LogP contribution in [0.3, 0.4) is 0 Å². The molecule has 0 bridgehead atoms. The van der Waals surface area contributed by atoms with E-state index in [0.29, 0.717) is 0 Å².